The van der Waals surface area contributed by atoms with Gasteiger partial charge in [-0.15, -0.1) is 0 Å². The molecule has 2 aliphatic heterocycles. The lowest BCUT2D eigenvalue weighted by Gasteiger charge is -2.27. The Hall–Kier alpha value is -1.34. The predicted octanol–water partition coefficient (Wildman–Crippen LogP) is 1.43. The maximum Gasteiger partial charge on any atom is 0.170 e. The molecule has 0 radical (unpaired) electrons. The second kappa shape index (κ2) is 7.27. The van der Waals surface area contributed by atoms with Gasteiger partial charge in [0.15, 0.2) is 11.6 Å². The zero-order chi connectivity index (χ0) is 17.2. The van der Waals surface area contributed by atoms with Gasteiger partial charge in [0.2, 0.25) is 0 Å². The normalized spacial score (nSPS) is 24.8. The van der Waals surface area contributed by atoms with Crippen molar-refractivity contribution in [3.05, 3.63) is 18.3 Å². The van der Waals surface area contributed by atoms with Gasteiger partial charge in [0.05, 0.1) is 11.5 Å². The van der Waals surface area contributed by atoms with Crippen molar-refractivity contribution < 1.29 is 13.2 Å². The molecule has 0 N–H and O–H groups in total. The number of nitrogens with zero attached hydrogens (tertiary/aromatic N) is 3. The van der Waals surface area contributed by atoms with Crippen LogP contribution < -0.4 is 9.64 Å². The maximum absolute atomic E-state index is 11.5. The first-order chi connectivity index (χ1) is 11.4. The maximum atomic E-state index is 11.5. The number of likely N-dealkylation sites (tertiary alicyclic amines) is 1. The van der Waals surface area contributed by atoms with Crippen molar-refractivity contribution >= 4 is 15.7 Å². The van der Waals surface area contributed by atoms with Gasteiger partial charge in [-0.2, -0.15) is 0 Å². The molecule has 0 aliphatic carbocycles. The van der Waals surface area contributed by atoms with E-state index in [1.54, 1.807) is 6.20 Å². The smallest absolute Gasteiger partial charge is 0.170 e. The number of rotatable bonds is 5. The summed E-state index contributed by atoms with van der Waals surface area (Å²) in [5, 5.41) is 0. The first-order valence-electron chi connectivity index (χ1n) is 8.65. The van der Waals surface area contributed by atoms with Crippen LogP contribution in [-0.2, 0) is 9.84 Å². The third kappa shape index (κ3) is 4.39. The Labute approximate surface area is 144 Å². The lowest BCUT2D eigenvalue weighted by atomic mass is 10.0. The summed E-state index contributed by atoms with van der Waals surface area (Å²) in [7, 11) is 1.16. The molecule has 1 aromatic rings. The summed E-state index contributed by atoms with van der Waals surface area (Å²) in [6, 6.07) is 3.87. The number of hydrogen-bond donors (Lipinski definition) is 0. The molecule has 2 aliphatic rings. The van der Waals surface area contributed by atoms with Crippen LogP contribution in [0.5, 0.6) is 5.75 Å². The van der Waals surface area contributed by atoms with Crippen molar-refractivity contribution in [2.24, 2.45) is 5.92 Å². The van der Waals surface area contributed by atoms with Gasteiger partial charge in [-0.05, 0) is 37.3 Å². The van der Waals surface area contributed by atoms with Gasteiger partial charge in [-0.25, -0.2) is 13.4 Å². The van der Waals surface area contributed by atoms with Crippen LogP contribution in [0.15, 0.2) is 18.3 Å². The monoisotopic (exact) mass is 353 g/mol. The molecule has 0 spiro atoms. The highest BCUT2D eigenvalue weighted by Crippen LogP contribution is 2.27. The van der Waals surface area contributed by atoms with Gasteiger partial charge >= 0.3 is 0 Å². The highest BCUT2D eigenvalue weighted by atomic mass is 32.2. The van der Waals surface area contributed by atoms with E-state index >= 15 is 0 Å². The van der Waals surface area contributed by atoms with Crippen molar-refractivity contribution in [2.45, 2.75) is 25.4 Å². The van der Waals surface area contributed by atoms with E-state index < -0.39 is 9.84 Å². The molecule has 0 saturated carbocycles. The fraction of sp³-hybridized carbons (Fsp3) is 0.706. The van der Waals surface area contributed by atoms with Crippen LogP contribution in [0, 0.1) is 5.92 Å². The third-order valence-corrected chi connectivity index (χ3v) is 6.60. The Balaban J connectivity index is 1.51. The lowest BCUT2D eigenvalue weighted by Crippen LogP contribution is -2.34. The molecule has 0 aromatic carbocycles. The molecular formula is C17H27N3O3S. The fourth-order valence-electron chi connectivity index (χ4n) is 3.54. The zero-order valence-electron chi connectivity index (χ0n) is 14.5. The second-order valence-electron chi connectivity index (χ2n) is 7.10. The molecule has 24 heavy (non-hydrogen) atoms. The molecule has 3 heterocycles. The van der Waals surface area contributed by atoms with Gasteiger partial charge < -0.3 is 9.64 Å². The minimum atomic E-state index is -2.77. The number of ether oxygens (including phenoxy) is 1. The van der Waals surface area contributed by atoms with Crippen molar-refractivity contribution in [3.63, 3.8) is 0 Å². The summed E-state index contributed by atoms with van der Waals surface area (Å²) >= 11 is 0. The van der Waals surface area contributed by atoms with E-state index in [1.165, 1.54) is 0 Å². The Kier molecular flexibility index (Phi) is 5.30. The largest absolute Gasteiger partial charge is 0.485 e. The summed E-state index contributed by atoms with van der Waals surface area (Å²) in [6.45, 7) is 2.92. The molecule has 3 rings (SSSR count). The number of sulfone groups is 1. The molecule has 2 fully saturated rings. The standard InChI is InChI=1S/C17H27N3O3S/c1-19(2)17-16(4-3-8-18-17)23-15-5-9-20(13-15)12-14-6-10-24(21,22)11-7-14/h3-4,8,14-15H,5-7,9-13H2,1-2H3/t15-/m0/s1. The van der Waals surface area contributed by atoms with E-state index in [0.29, 0.717) is 17.4 Å². The number of aromatic nitrogens is 1. The Morgan fingerprint density at radius 1 is 1.29 bits per heavy atom. The molecule has 0 unspecified atom stereocenters. The molecule has 7 heteroatoms. The van der Waals surface area contributed by atoms with E-state index in [1.807, 2.05) is 31.1 Å². The van der Waals surface area contributed by atoms with Crippen molar-refractivity contribution in [1.29, 1.82) is 0 Å². The number of pyridine rings is 1. The highest BCUT2D eigenvalue weighted by Gasteiger charge is 2.29. The van der Waals surface area contributed by atoms with Crippen molar-refractivity contribution in [3.8, 4) is 5.75 Å². The van der Waals surface area contributed by atoms with Crippen LogP contribution in [0.2, 0.25) is 0 Å². The second-order valence-corrected chi connectivity index (χ2v) is 9.41. The fourth-order valence-corrected chi connectivity index (χ4v) is 5.12. The Morgan fingerprint density at radius 3 is 2.75 bits per heavy atom. The van der Waals surface area contributed by atoms with Crippen LogP contribution in [0.4, 0.5) is 5.82 Å². The zero-order valence-corrected chi connectivity index (χ0v) is 15.3. The van der Waals surface area contributed by atoms with Crippen molar-refractivity contribution in [1.82, 2.24) is 9.88 Å². The van der Waals surface area contributed by atoms with Gasteiger partial charge in [-0.3, -0.25) is 4.90 Å². The van der Waals surface area contributed by atoms with Gasteiger partial charge in [0.25, 0.3) is 0 Å². The molecule has 0 amide bonds. The van der Waals surface area contributed by atoms with Crippen LogP contribution in [0.1, 0.15) is 19.3 Å². The van der Waals surface area contributed by atoms with Crippen LogP contribution in [0.25, 0.3) is 0 Å². The van der Waals surface area contributed by atoms with Gasteiger partial charge in [0.1, 0.15) is 15.9 Å². The summed E-state index contributed by atoms with van der Waals surface area (Å²) < 4.78 is 29.2. The lowest BCUT2D eigenvalue weighted by molar-refractivity contribution is 0.189. The van der Waals surface area contributed by atoms with Crippen molar-refractivity contribution in [2.75, 3.05) is 50.1 Å². The average Bonchev–Trinajstić information content (AvgIpc) is 2.97. The molecule has 2 saturated heterocycles. The quantitative estimate of drug-likeness (QED) is 0.798. The minimum absolute atomic E-state index is 0.181. The first-order valence-corrected chi connectivity index (χ1v) is 10.5. The van der Waals surface area contributed by atoms with Crippen LogP contribution in [0.3, 0.4) is 0 Å². The molecule has 1 atom stereocenters. The summed E-state index contributed by atoms with van der Waals surface area (Å²) in [5.41, 5.74) is 0. The predicted molar refractivity (Wildman–Crippen MR) is 95.4 cm³/mol. The Bertz CT molecular complexity index is 649. The molecule has 6 nitrogen and oxygen atoms in total. The van der Waals surface area contributed by atoms with E-state index in [-0.39, 0.29) is 6.10 Å². The van der Waals surface area contributed by atoms with Crippen LogP contribution in [-0.4, -0.2) is 69.6 Å². The first kappa shape index (κ1) is 17.5. The van der Waals surface area contributed by atoms with E-state index in [4.69, 9.17) is 4.74 Å². The molecule has 1 aromatic heterocycles. The molecule has 134 valence electrons. The van der Waals surface area contributed by atoms with E-state index in [2.05, 4.69) is 9.88 Å². The Morgan fingerprint density at radius 2 is 2.04 bits per heavy atom. The topological polar surface area (TPSA) is 62.7 Å². The number of hydrogen-bond acceptors (Lipinski definition) is 6. The van der Waals surface area contributed by atoms with Gasteiger partial charge in [-0.1, -0.05) is 0 Å². The third-order valence-electron chi connectivity index (χ3n) is 4.89. The summed E-state index contributed by atoms with van der Waals surface area (Å²) in [6.07, 6.45) is 4.57. The summed E-state index contributed by atoms with van der Waals surface area (Å²) in [5.74, 6) is 2.90. The van der Waals surface area contributed by atoms with E-state index in [9.17, 15) is 8.42 Å². The van der Waals surface area contributed by atoms with Gasteiger partial charge in [0, 0.05) is 39.9 Å². The minimum Gasteiger partial charge on any atom is -0.485 e. The molecular weight excluding hydrogens is 326 g/mol. The molecule has 0 bridgehead atoms. The SMILES string of the molecule is CN(C)c1ncccc1O[C@H]1CCN(CC2CCS(=O)(=O)CC2)C1. The average molecular weight is 353 g/mol. The summed E-state index contributed by atoms with van der Waals surface area (Å²) in [4.78, 5) is 8.76. The van der Waals surface area contributed by atoms with Crippen LogP contribution >= 0.6 is 0 Å². The highest BCUT2D eigenvalue weighted by molar-refractivity contribution is 7.91. The number of anilines is 1. The van der Waals surface area contributed by atoms with E-state index in [0.717, 1.165) is 50.5 Å².